The molecule has 0 bridgehead atoms. The van der Waals surface area contributed by atoms with Gasteiger partial charge in [0, 0.05) is 41.3 Å². The van der Waals surface area contributed by atoms with Crippen molar-refractivity contribution in [2.45, 2.75) is 37.3 Å². The molecule has 0 unspecified atom stereocenters. The largest absolute Gasteiger partial charge is 0.349 e. The number of aromatic nitrogens is 3. The van der Waals surface area contributed by atoms with Gasteiger partial charge in [0.1, 0.15) is 5.03 Å². The Morgan fingerprint density at radius 2 is 1.81 bits per heavy atom. The van der Waals surface area contributed by atoms with E-state index >= 15 is 0 Å². The number of carbonyl (C=O) groups is 1. The van der Waals surface area contributed by atoms with E-state index in [2.05, 4.69) is 9.97 Å². The number of nitrogens with zero attached hydrogens (tertiary/aromatic N) is 4. The van der Waals surface area contributed by atoms with E-state index in [1.165, 1.54) is 36.0 Å². The lowest BCUT2D eigenvalue weighted by atomic mass is 9.97. The Morgan fingerprint density at radius 3 is 2.52 bits per heavy atom. The van der Waals surface area contributed by atoms with Crippen molar-refractivity contribution in [2.24, 2.45) is 0 Å². The number of Topliss-reactive ketones (excluding diaryl/α,β-unsaturated/α-hetero) is 1. The van der Waals surface area contributed by atoms with E-state index in [1.54, 1.807) is 17.0 Å². The second-order valence-electron chi connectivity index (χ2n) is 7.29. The highest BCUT2D eigenvalue weighted by molar-refractivity contribution is 8.00. The molecule has 0 amide bonds. The molecule has 0 aliphatic heterocycles. The number of nitro groups is 1. The van der Waals surface area contributed by atoms with E-state index in [0.29, 0.717) is 17.1 Å². The molecule has 1 aliphatic carbocycles. The molecule has 2 aromatic heterocycles. The SMILES string of the molecule is O=C(CSc1nc(=O)n(Cc2ccncc2)c2c1CCCC2)c1ccc([N+](=O)[O-])cc1. The van der Waals surface area contributed by atoms with Gasteiger partial charge in [0.15, 0.2) is 5.78 Å². The molecule has 0 saturated carbocycles. The summed E-state index contributed by atoms with van der Waals surface area (Å²) in [5.41, 5.74) is 3.05. The fraction of sp³-hybridized carbons (Fsp3) is 0.273. The van der Waals surface area contributed by atoms with Crippen molar-refractivity contribution in [1.82, 2.24) is 14.5 Å². The number of hydrogen-bond acceptors (Lipinski definition) is 7. The zero-order chi connectivity index (χ0) is 21.8. The smallest absolute Gasteiger partial charge is 0.293 e. The number of fused-ring (bicyclic) bond motifs is 1. The molecule has 2 heterocycles. The Morgan fingerprint density at radius 1 is 1.10 bits per heavy atom. The van der Waals surface area contributed by atoms with E-state index in [-0.39, 0.29) is 22.9 Å². The quantitative estimate of drug-likeness (QED) is 0.183. The molecule has 158 valence electrons. The first-order chi connectivity index (χ1) is 15.0. The Balaban J connectivity index is 1.56. The van der Waals surface area contributed by atoms with Crippen LogP contribution in [-0.2, 0) is 19.4 Å². The number of non-ortho nitro benzene ring substituents is 1. The third-order valence-electron chi connectivity index (χ3n) is 5.28. The minimum absolute atomic E-state index is 0.0576. The standard InChI is InChI=1S/C22H20N4O4S/c27-20(16-5-7-17(8-6-16)26(29)30)14-31-21-18-3-1-2-4-19(18)25(22(28)24-21)13-15-9-11-23-12-10-15/h5-12H,1-4,13-14H2. The van der Waals surface area contributed by atoms with Crippen LogP contribution in [0.15, 0.2) is 58.6 Å². The van der Waals surface area contributed by atoms with Gasteiger partial charge in [-0.15, -0.1) is 0 Å². The number of ketones is 1. The zero-order valence-corrected chi connectivity index (χ0v) is 17.5. The van der Waals surface area contributed by atoms with Gasteiger partial charge in [-0.05, 0) is 55.5 Å². The van der Waals surface area contributed by atoms with E-state index < -0.39 is 4.92 Å². The van der Waals surface area contributed by atoms with Crippen LogP contribution in [0.4, 0.5) is 5.69 Å². The first-order valence-electron chi connectivity index (χ1n) is 9.95. The normalized spacial score (nSPS) is 12.9. The summed E-state index contributed by atoms with van der Waals surface area (Å²) in [6, 6.07) is 9.31. The molecule has 0 atom stereocenters. The molecule has 9 heteroatoms. The Kier molecular flexibility index (Phi) is 6.22. The summed E-state index contributed by atoms with van der Waals surface area (Å²) in [4.78, 5) is 44.0. The molecule has 3 aromatic rings. The molecule has 0 spiro atoms. The van der Waals surface area contributed by atoms with Crippen LogP contribution in [0.25, 0.3) is 0 Å². The highest BCUT2D eigenvalue weighted by Crippen LogP contribution is 2.29. The van der Waals surface area contributed by atoms with Crippen molar-refractivity contribution < 1.29 is 9.72 Å². The lowest BCUT2D eigenvalue weighted by Crippen LogP contribution is -2.30. The average Bonchev–Trinajstić information content (AvgIpc) is 2.80. The van der Waals surface area contributed by atoms with Crippen molar-refractivity contribution >= 4 is 23.2 Å². The van der Waals surface area contributed by atoms with Gasteiger partial charge in [-0.3, -0.25) is 24.5 Å². The number of carbonyl (C=O) groups excluding carboxylic acids is 1. The number of thioether (sulfide) groups is 1. The van der Waals surface area contributed by atoms with Gasteiger partial charge in [-0.25, -0.2) is 4.79 Å². The maximum Gasteiger partial charge on any atom is 0.349 e. The third kappa shape index (κ3) is 4.72. The zero-order valence-electron chi connectivity index (χ0n) is 16.7. The van der Waals surface area contributed by atoms with Gasteiger partial charge >= 0.3 is 5.69 Å². The lowest BCUT2D eigenvalue weighted by molar-refractivity contribution is -0.384. The first kappa shape index (κ1) is 20.9. The van der Waals surface area contributed by atoms with Gasteiger partial charge < -0.3 is 0 Å². The molecule has 0 saturated heterocycles. The van der Waals surface area contributed by atoms with Gasteiger partial charge in [-0.1, -0.05) is 11.8 Å². The Labute approximate surface area is 182 Å². The van der Waals surface area contributed by atoms with Crippen molar-refractivity contribution in [3.05, 3.63) is 91.8 Å². The van der Waals surface area contributed by atoms with Gasteiger partial charge in [0.2, 0.25) is 0 Å². The van der Waals surface area contributed by atoms with Crippen molar-refractivity contribution in [1.29, 1.82) is 0 Å². The second-order valence-corrected chi connectivity index (χ2v) is 8.25. The van der Waals surface area contributed by atoms with Crippen LogP contribution in [0.1, 0.15) is 40.0 Å². The maximum absolute atomic E-state index is 12.8. The summed E-state index contributed by atoms with van der Waals surface area (Å²) in [6.45, 7) is 0.448. The number of rotatable bonds is 7. The number of hydrogen-bond donors (Lipinski definition) is 0. The number of pyridine rings is 1. The van der Waals surface area contributed by atoms with Crippen LogP contribution in [0.3, 0.4) is 0 Å². The van der Waals surface area contributed by atoms with Gasteiger partial charge in [0.05, 0.1) is 17.2 Å². The highest BCUT2D eigenvalue weighted by atomic mass is 32.2. The van der Waals surface area contributed by atoms with Gasteiger partial charge in [-0.2, -0.15) is 4.98 Å². The molecule has 0 fully saturated rings. The van der Waals surface area contributed by atoms with Crippen LogP contribution >= 0.6 is 11.8 Å². The van der Waals surface area contributed by atoms with Crippen molar-refractivity contribution in [3.63, 3.8) is 0 Å². The summed E-state index contributed by atoms with van der Waals surface area (Å²) in [5.74, 6) is -0.0439. The molecular weight excluding hydrogens is 416 g/mol. The van der Waals surface area contributed by atoms with Crippen molar-refractivity contribution in [2.75, 3.05) is 5.75 Å². The highest BCUT2D eigenvalue weighted by Gasteiger charge is 2.21. The second kappa shape index (κ2) is 9.22. The van der Waals surface area contributed by atoms with E-state index in [0.717, 1.165) is 42.5 Å². The molecule has 0 radical (unpaired) electrons. The minimum Gasteiger partial charge on any atom is -0.293 e. The summed E-state index contributed by atoms with van der Waals surface area (Å²) in [7, 11) is 0. The summed E-state index contributed by atoms with van der Waals surface area (Å²) in [5, 5.41) is 11.4. The predicted molar refractivity (Wildman–Crippen MR) is 117 cm³/mol. The van der Waals surface area contributed by atoms with E-state index in [9.17, 15) is 19.7 Å². The van der Waals surface area contributed by atoms with Crippen LogP contribution in [0.2, 0.25) is 0 Å². The minimum atomic E-state index is -0.500. The predicted octanol–water partition coefficient (Wildman–Crippen LogP) is 3.45. The molecule has 1 aromatic carbocycles. The topological polar surface area (TPSA) is 108 Å². The summed E-state index contributed by atoms with van der Waals surface area (Å²) < 4.78 is 1.73. The van der Waals surface area contributed by atoms with Crippen LogP contribution in [0.5, 0.6) is 0 Å². The fourth-order valence-corrected chi connectivity index (χ4v) is 4.66. The van der Waals surface area contributed by atoms with Gasteiger partial charge in [0.25, 0.3) is 5.69 Å². The van der Waals surface area contributed by atoms with Crippen LogP contribution < -0.4 is 5.69 Å². The third-order valence-corrected chi connectivity index (χ3v) is 6.30. The Hall–Kier alpha value is -3.33. The average molecular weight is 436 g/mol. The lowest BCUT2D eigenvalue weighted by Gasteiger charge is -2.22. The molecule has 1 aliphatic rings. The monoisotopic (exact) mass is 436 g/mol. The maximum atomic E-state index is 12.8. The molecule has 4 rings (SSSR count). The Bertz CT molecular complexity index is 1180. The molecule has 0 N–H and O–H groups in total. The molecule has 8 nitrogen and oxygen atoms in total. The number of nitro benzene ring substituents is 1. The molecular formula is C22H20N4O4S. The van der Waals surface area contributed by atoms with E-state index in [4.69, 9.17) is 0 Å². The first-order valence-corrected chi connectivity index (χ1v) is 10.9. The number of benzene rings is 1. The summed E-state index contributed by atoms with van der Waals surface area (Å²) in [6.07, 6.45) is 7.07. The van der Waals surface area contributed by atoms with Crippen LogP contribution in [0, 0.1) is 10.1 Å². The summed E-state index contributed by atoms with van der Waals surface area (Å²) >= 11 is 1.26. The van der Waals surface area contributed by atoms with Crippen molar-refractivity contribution in [3.8, 4) is 0 Å². The molecule has 31 heavy (non-hydrogen) atoms. The van der Waals surface area contributed by atoms with E-state index in [1.807, 2.05) is 12.1 Å². The fourth-order valence-electron chi connectivity index (χ4n) is 3.69. The van der Waals surface area contributed by atoms with Crippen LogP contribution in [-0.4, -0.2) is 31.0 Å².